The Morgan fingerprint density at radius 3 is 2.68 bits per heavy atom. The minimum Gasteiger partial charge on any atom is -0.507 e. The molecule has 19 heavy (non-hydrogen) atoms. The number of unbranched alkanes of at least 4 members (excludes halogenated alkanes) is 1. The summed E-state index contributed by atoms with van der Waals surface area (Å²) < 4.78 is 9.58. The van der Waals surface area contributed by atoms with E-state index in [2.05, 4.69) is 4.74 Å². The van der Waals surface area contributed by atoms with E-state index in [-0.39, 0.29) is 23.5 Å². The fraction of sp³-hybridized carbons (Fsp3) is 0.385. The highest BCUT2D eigenvalue weighted by Crippen LogP contribution is 2.28. The van der Waals surface area contributed by atoms with Gasteiger partial charge in [0.05, 0.1) is 7.11 Å². The third-order valence-electron chi connectivity index (χ3n) is 2.38. The van der Waals surface area contributed by atoms with Crippen LogP contribution in [0.15, 0.2) is 18.2 Å². The van der Waals surface area contributed by atoms with Crippen molar-refractivity contribution in [2.24, 2.45) is 0 Å². The quantitative estimate of drug-likeness (QED) is 0.376. The summed E-state index contributed by atoms with van der Waals surface area (Å²) in [5.74, 6) is -1.07. The SMILES string of the molecule is COC(=O)c1c(O)cccc1OC(=O)CCCCCl. The number of hydrogen-bond acceptors (Lipinski definition) is 5. The van der Waals surface area contributed by atoms with E-state index in [1.54, 1.807) is 0 Å². The molecule has 6 heteroatoms. The number of alkyl halides is 1. The van der Waals surface area contributed by atoms with Crippen LogP contribution in [-0.4, -0.2) is 30.0 Å². The van der Waals surface area contributed by atoms with Crippen molar-refractivity contribution in [3.05, 3.63) is 23.8 Å². The molecule has 0 saturated heterocycles. The average Bonchev–Trinajstić information content (AvgIpc) is 2.38. The first kappa shape index (κ1) is 15.3. The van der Waals surface area contributed by atoms with E-state index in [0.717, 1.165) is 0 Å². The van der Waals surface area contributed by atoms with E-state index in [4.69, 9.17) is 16.3 Å². The van der Waals surface area contributed by atoms with Gasteiger partial charge < -0.3 is 14.6 Å². The second-order valence-electron chi connectivity index (χ2n) is 3.76. The summed E-state index contributed by atoms with van der Waals surface area (Å²) in [5, 5.41) is 9.61. The third-order valence-corrected chi connectivity index (χ3v) is 2.65. The van der Waals surface area contributed by atoms with E-state index < -0.39 is 11.9 Å². The second kappa shape index (κ2) is 7.63. The lowest BCUT2D eigenvalue weighted by molar-refractivity contribution is -0.134. The fourth-order valence-corrected chi connectivity index (χ4v) is 1.64. The molecule has 0 spiro atoms. The Labute approximate surface area is 116 Å². The molecule has 0 amide bonds. The predicted octanol–water partition coefficient (Wildman–Crippen LogP) is 2.49. The molecule has 0 aliphatic rings. The lowest BCUT2D eigenvalue weighted by Crippen LogP contribution is -2.12. The van der Waals surface area contributed by atoms with E-state index in [1.807, 2.05) is 0 Å². The van der Waals surface area contributed by atoms with Crippen molar-refractivity contribution in [2.45, 2.75) is 19.3 Å². The van der Waals surface area contributed by atoms with Gasteiger partial charge in [-0.1, -0.05) is 6.07 Å². The number of rotatable bonds is 6. The molecule has 0 radical (unpaired) electrons. The van der Waals surface area contributed by atoms with Crippen molar-refractivity contribution in [1.29, 1.82) is 0 Å². The predicted molar refractivity (Wildman–Crippen MR) is 69.7 cm³/mol. The molecule has 0 unspecified atom stereocenters. The Balaban J connectivity index is 2.80. The van der Waals surface area contributed by atoms with Crippen LogP contribution in [0.1, 0.15) is 29.6 Å². The van der Waals surface area contributed by atoms with Crippen molar-refractivity contribution in [2.75, 3.05) is 13.0 Å². The molecular formula is C13H15ClO5. The topological polar surface area (TPSA) is 72.8 Å². The van der Waals surface area contributed by atoms with Crippen LogP contribution in [0, 0.1) is 0 Å². The van der Waals surface area contributed by atoms with Gasteiger partial charge in [-0.05, 0) is 25.0 Å². The molecule has 1 aromatic rings. The third kappa shape index (κ3) is 4.44. The number of aromatic hydroxyl groups is 1. The number of phenols is 1. The van der Waals surface area contributed by atoms with Gasteiger partial charge in [0.2, 0.25) is 0 Å². The highest BCUT2D eigenvalue weighted by Gasteiger charge is 2.19. The zero-order valence-electron chi connectivity index (χ0n) is 10.5. The Morgan fingerprint density at radius 1 is 1.32 bits per heavy atom. The molecule has 1 aromatic carbocycles. The molecule has 1 N–H and O–H groups in total. The van der Waals surface area contributed by atoms with Crippen molar-refractivity contribution < 1.29 is 24.2 Å². The smallest absolute Gasteiger partial charge is 0.345 e. The first-order chi connectivity index (χ1) is 9.10. The molecule has 0 atom stereocenters. The molecular weight excluding hydrogens is 272 g/mol. The fourth-order valence-electron chi connectivity index (χ4n) is 1.45. The van der Waals surface area contributed by atoms with Gasteiger partial charge in [0.15, 0.2) is 0 Å². The lowest BCUT2D eigenvalue weighted by atomic mass is 10.2. The Hall–Kier alpha value is -1.75. The van der Waals surface area contributed by atoms with Crippen molar-refractivity contribution in [3.8, 4) is 11.5 Å². The minimum atomic E-state index is -0.762. The van der Waals surface area contributed by atoms with Crippen LogP contribution < -0.4 is 4.74 Å². The number of esters is 2. The molecule has 104 valence electrons. The normalized spacial score (nSPS) is 10.0. The lowest BCUT2D eigenvalue weighted by Gasteiger charge is -2.09. The summed E-state index contributed by atoms with van der Waals surface area (Å²) in [6, 6.07) is 4.21. The van der Waals surface area contributed by atoms with Gasteiger partial charge >= 0.3 is 11.9 Å². The number of phenolic OH excluding ortho intramolecular Hbond substituents is 1. The molecule has 0 aliphatic carbocycles. The number of halogens is 1. The molecule has 0 aromatic heterocycles. The standard InChI is InChI=1S/C13H15ClO5/c1-18-13(17)12-9(15)5-4-6-10(12)19-11(16)7-2-3-8-14/h4-6,15H,2-3,7-8H2,1H3. The highest BCUT2D eigenvalue weighted by atomic mass is 35.5. The summed E-state index contributed by atoms with van der Waals surface area (Å²) in [6.07, 6.45) is 1.51. The number of hydrogen-bond donors (Lipinski definition) is 1. The summed E-state index contributed by atoms with van der Waals surface area (Å²) in [4.78, 5) is 23.1. The number of carbonyl (C=O) groups excluding carboxylic acids is 2. The maximum Gasteiger partial charge on any atom is 0.345 e. The van der Waals surface area contributed by atoms with Crippen LogP contribution in [0.3, 0.4) is 0 Å². The second-order valence-corrected chi connectivity index (χ2v) is 4.14. The number of methoxy groups -OCH3 is 1. The zero-order valence-corrected chi connectivity index (χ0v) is 11.3. The molecule has 0 aliphatic heterocycles. The van der Waals surface area contributed by atoms with Crippen LogP contribution in [0.2, 0.25) is 0 Å². The first-order valence-electron chi connectivity index (χ1n) is 5.77. The van der Waals surface area contributed by atoms with Gasteiger partial charge in [-0.25, -0.2) is 4.79 Å². The Bertz CT molecular complexity index is 458. The maximum atomic E-state index is 11.6. The maximum absolute atomic E-state index is 11.6. The van der Waals surface area contributed by atoms with Gasteiger partial charge in [-0.3, -0.25) is 4.79 Å². The summed E-state index contributed by atoms with van der Waals surface area (Å²) >= 11 is 5.51. The number of ether oxygens (including phenoxy) is 2. The molecule has 0 bridgehead atoms. The van der Waals surface area contributed by atoms with Crippen LogP contribution in [0.25, 0.3) is 0 Å². The zero-order chi connectivity index (χ0) is 14.3. The molecule has 0 saturated carbocycles. The van der Waals surface area contributed by atoms with E-state index in [1.165, 1.54) is 25.3 Å². The van der Waals surface area contributed by atoms with Crippen molar-refractivity contribution in [3.63, 3.8) is 0 Å². The van der Waals surface area contributed by atoms with Crippen LogP contribution in [0.4, 0.5) is 0 Å². The number of benzene rings is 1. The van der Waals surface area contributed by atoms with E-state index in [0.29, 0.717) is 18.7 Å². The van der Waals surface area contributed by atoms with Crippen molar-refractivity contribution >= 4 is 23.5 Å². The average molecular weight is 287 g/mol. The van der Waals surface area contributed by atoms with Crippen LogP contribution in [0.5, 0.6) is 11.5 Å². The van der Waals surface area contributed by atoms with Gasteiger partial charge in [-0.15, -0.1) is 11.6 Å². The summed E-state index contributed by atoms with van der Waals surface area (Å²) in [5.41, 5.74) is -0.157. The number of carbonyl (C=O) groups is 2. The van der Waals surface area contributed by atoms with E-state index >= 15 is 0 Å². The Kier molecular flexibility index (Phi) is 6.15. The molecule has 5 nitrogen and oxygen atoms in total. The van der Waals surface area contributed by atoms with Crippen molar-refractivity contribution in [1.82, 2.24) is 0 Å². The molecule has 0 heterocycles. The van der Waals surface area contributed by atoms with Gasteiger partial charge in [0, 0.05) is 12.3 Å². The van der Waals surface area contributed by atoms with Crippen LogP contribution >= 0.6 is 11.6 Å². The van der Waals surface area contributed by atoms with Crippen LogP contribution in [-0.2, 0) is 9.53 Å². The van der Waals surface area contributed by atoms with Gasteiger partial charge in [0.1, 0.15) is 17.1 Å². The summed E-state index contributed by atoms with van der Waals surface area (Å²) in [6.45, 7) is 0. The Morgan fingerprint density at radius 2 is 2.05 bits per heavy atom. The first-order valence-corrected chi connectivity index (χ1v) is 6.30. The largest absolute Gasteiger partial charge is 0.507 e. The monoisotopic (exact) mass is 286 g/mol. The molecule has 0 fully saturated rings. The van der Waals surface area contributed by atoms with Gasteiger partial charge in [0.25, 0.3) is 0 Å². The molecule has 1 rings (SSSR count). The highest BCUT2D eigenvalue weighted by molar-refractivity contribution is 6.17. The summed E-state index contributed by atoms with van der Waals surface area (Å²) in [7, 11) is 1.18. The minimum absolute atomic E-state index is 0.0114. The van der Waals surface area contributed by atoms with E-state index in [9.17, 15) is 14.7 Å². The van der Waals surface area contributed by atoms with Gasteiger partial charge in [-0.2, -0.15) is 0 Å².